The molecule has 0 atom stereocenters. The van der Waals surface area contributed by atoms with Crippen molar-refractivity contribution in [1.29, 1.82) is 5.26 Å². The van der Waals surface area contributed by atoms with Gasteiger partial charge in [0.25, 0.3) is 0 Å². The number of amides is 1. The Morgan fingerprint density at radius 1 is 1.26 bits per heavy atom. The van der Waals surface area contributed by atoms with Crippen molar-refractivity contribution in [1.82, 2.24) is 0 Å². The largest absolute Gasteiger partial charge is 0.418 e. The third kappa shape index (κ3) is 2.42. The number of alkyl halides is 3. The predicted octanol–water partition coefficient (Wildman–Crippen LogP) is 1.88. The van der Waals surface area contributed by atoms with Gasteiger partial charge in [-0.3, -0.25) is 9.59 Å². The molecule has 98 valence electrons. The summed E-state index contributed by atoms with van der Waals surface area (Å²) in [5, 5.41) is 8.63. The normalized spacial score (nSPS) is 15.8. The Kier molecular flexibility index (Phi) is 3.02. The van der Waals surface area contributed by atoms with Gasteiger partial charge in [0, 0.05) is 0 Å². The maximum absolute atomic E-state index is 12.9. The van der Waals surface area contributed by atoms with Gasteiger partial charge in [-0.25, -0.2) is 0 Å². The summed E-state index contributed by atoms with van der Waals surface area (Å²) in [5.74, 6) is -1.09. The van der Waals surface area contributed by atoms with Gasteiger partial charge < -0.3 is 4.90 Å². The Labute approximate surface area is 106 Å². The van der Waals surface area contributed by atoms with Crippen molar-refractivity contribution >= 4 is 17.4 Å². The van der Waals surface area contributed by atoms with Gasteiger partial charge in [-0.05, 0) is 18.2 Å². The van der Waals surface area contributed by atoms with E-state index < -0.39 is 29.9 Å². The molecular weight excluding hydrogens is 261 g/mol. The lowest BCUT2D eigenvalue weighted by Gasteiger charge is -2.20. The second-order valence-corrected chi connectivity index (χ2v) is 4.04. The molecule has 1 amide bonds. The van der Waals surface area contributed by atoms with Gasteiger partial charge in [-0.1, -0.05) is 0 Å². The average molecular weight is 268 g/mol. The van der Waals surface area contributed by atoms with Gasteiger partial charge >= 0.3 is 6.18 Å². The molecule has 1 aliphatic heterocycles. The fourth-order valence-electron chi connectivity index (χ4n) is 1.87. The minimum Gasteiger partial charge on any atom is -0.304 e. The molecule has 1 aliphatic rings. The van der Waals surface area contributed by atoms with E-state index in [1.165, 1.54) is 6.07 Å². The first-order valence-electron chi connectivity index (χ1n) is 5.26. The molecule has 0 aromatic heterocycles. The lowest BCUT2D eigenvalue weighted by molar-refractivity contribution is -0.137. The van der Waals surface area contributed by atoms with Gasteiger partial charge in [-0.15, -0.1) is 0 Å². The van der Waals surface area contributed by atoms with Gasteiger partial charge in [0.2, 0.25) is 5.91 Å². The number of anilines is 1. The summed E-state index contributed by atoms with van der Waals surface area (Å²) in [6, 6.07) is 4.50. The second-order valence-electron chi connectivity index (χ2n) is 4.04. The number of carbonyl (C=O) groups is 2. The van der Waals surface area contributed by atoms with Gasteiger partial charge in [0.1, 0.15) is 0 Å². The van der Waals surface area contributed by atoms with Crippen molar-refractivity contribution < 1.29 is 22.8 Å². The summed E-state index contributed by atoms with van der Waals surface area (Å²) < 4.78 is 38.7. The van der Waals surface area contributed by atoms with Crippen molar-refractivity contribution in [2.75, 3.05) is 11.4 Å². The van der Waals surface area contributed by atoms with Crippen LogP contribution in [0.2, 0.25) is 0 Å². The van der Waals surface area contributed by atoms with Crippen LogP contribution in [0.5, 0.6) is 0 Å². The number of benzene rings is 1. The van der Waals surface area contributed by atoms with E-state index in [2.05, 4.69) is 0 Å². The van der Waals surface area contributed by atoms with E-state index in [-0.39, 0.29) is 17.8 Å². The highest BCUT2D eigenvalue weighted by molar-refractivity contribution is 6.15. The molecule has 0 saturated carbocycles. The molecule has 0 N–H and O–H groups in total. The smallest absolute Gasteiger partial charge is 0.304 e. The summed E-state index contributed by atoms with van der Waals surface area (Å²) in [5.41, 5.74) is -1.63. The van der Waals surface area contributed by atoms with E-state index in [1.807, 2.05) is 0 Å². The number of hydrogen-bond acceptors (Lipinski definition) is 3. The van der Waals surface area contributed by atoms with Crippen LogP contribution >= 0.6 is 0 Å². The first kappa shape index (κ1) is 13.1. The molecule has 0 unspecified atom stereocenters. The summed E-state index contributed by atoms with van der Waals surface area (Å²) in [6.07, 6.45) is -5.09. The predicted molar refractivity (Wildman–Crippen MR) is 58.1 cm³/mol. The lowest BCUT2D eigenvalue weighted by Crippen LogP contribution is -2.27. The van der Waals surface area contributed by atoms with Crippen molar-refractivity contribution in [3.05, 3.63) is 29.3 Å². The third-order valence-electron chi connectivity index (χ3n) is 2.71. The molecule has 0 radical (unpaired) electrons. The molecule has 2 rings (SSSR count). The zero-order valence-electron chi connectivity index (χ0n) is 9.49. The zero-order valence-corrected chi connectivity index (χ0v) is 9.49. The van der Waals surface area contributed by atoms with Crippen molar-refractivity contribution in [3.63, 3.8) is 0 Å². The van der Waals surface area contributed by atoms with Crippen LogP contribution in [0.1, 0.15) is 17.5 Å². The van der Waals surface area contributed by atoms with Crippen LogP contribution in [0.3, 0.4) is 0 Å². The molecule has 1 aromatic carbocycles. The summed E-state index contributed by atoms with van der Waals surface area (Å²) in [4.78, 5) is 23.4. The maximum atomic E-state index is 12.9. The zero-order chi connectivity index (χ0) is 14.2. The van der Waals surface area contributed by atoms with Crippen LogP contribution in [0.25, 0.3) is 0 Å². The standard InChI is InChI=1S/C12H7F3N2O2/c13-12(14,15)9-3-7(5-16)1-2-10(9)17-6-8(18)4-11(17)19/h1-3H,4,6H2. The Morgan fingerprint density at radius 3 is 2.42 bits per heavy atom. The van der Waals surface area contributed by atoms with E-state index in [0.29, 0.717) is 6.07 Å². The quantitative estimate of drug-likeness (QED) is 0.730. The number of rotatable bonds is 1. The van der Waals surface area contributed by atoms with Gasteiger partial charge in [0.15, 0.2) is 5.78 Å². The minimum absolute atomic E-state index is 0.158. The first-order valence-corrected chi connectivity index (χ1v) is 5.26. The molecule has 4 nitrogen and oxygen atoms in total. The van der Waals surface area contributed by atoms with E-state index in [1.54, 1.807) is 6.07 Å². The molecule has 1 saturated heterocycles. The SMILES string of the molecule is N#Cc1ccc(N2CC(=O)CC2=O)c(C(F)(F)F)c1. The van der Waals surface area contributed by atoms with E-state index in [4.69, 9.17) is 5.26 Å². The fraction of sp³-hybridized carbons (Fsp3) is 0.250. The van der Waals surface area contributed by atoms with Crippen LogP contribution in [-0.4, -0.2) is 18.2 Å². The van der Waals surface area contributed by atoms with Crippen molar-refractivity contribution in [2.45, 2.75) is 12.6 Å². The molecule has 1 fully saturated rings. The molecule has 0 aliphatic carbocycles. The number of nitriles is 1. The summed E-state index contributed by atoms with van der Waals surface area (Å²) >= 11 is 0. The second kappa shape index (κ2) is 4.39. The Balaban J connectivity index is 2.55. The van der Waals surface area contributed by atoms with Crippen LogP contribution in [0.4, 0.5) is 18.9 Å². The third-order valence-corrected chi connectivity index (χ3v) is 2.71. The van der Waals surface area contributed by atoms with E-state index in [9.17, 15) is 22.8 Å². The minimum atomic E-state index is -4.70. The number of halogens is 3. The van der Waals surface area contributed by atoms with Crippen molar-refractivity contribution in [3.8, 4) is 6.07 Å². The first-order chi connectivity index (χ1) is 8.82. The summed E-state index contributed by atoms with van der Waals surface area (Å²) in [7, 11) is 0. The maximum Gasteiger partial charge on any atom is 0.418 e. The molecule has 7 heteroatoms. The molecule has 19 heavy (non-hydrogen) atoms. The Hall–Kier alpha value is -2.36. The molecule has 1 aromatic rings. The molecule has 0 spiro atoms. The number of ketones is 1. The van der Waals surface area contributed by atoms with Crippen LogP contribution in [0.15, 0.2) is 18.2 Å². The van der Waals surface area contributed by atoms with E-state index in [0.717, 1.165) is 11.0 Å². The van der Waals surface area contributed by atoms with Crippen LogP contribution < -0.4 is 4.90 Å². The molecule has 1 heterocycles. The van der Waals surface area contributed by atoms with E-state index >= 15 is 0 Å². The van der Waals surface area contributed by atoms with Crippen LogP contribution in [0, 0.1) is 11.3 Å². The molecule has 0 bridgehead atoms. The lowest BCUT2D eigenvalue weighted by atomic mass is 10.1. The summed E-state index contributed by atoms with van der Waals surface area (Å²) in [6.45, 7) is -0.367. The average Bonchev–Trinajstić information content (AvgIpc) is 2.66. The number of carbonyl (C=O) groups excluding carboxylic acids is 2. The number of hydrogen-bond donors (Lipinski definition) is 0. The van der Waals surface area contributed by atoms with Gasteiger partial charge in [-0.2, -0.15) is 18.4 Å². The topological polar surface area (TPSA) is 61.2 Å². The highest BCUT2D eigenvalue weighted by Crippen LogP contribution is 2.38. The highest BCUT2D eigenvalue weighted by Gasteiger charge is 2.38. The number of nitrogens with zero attached hydrogens (tertiary/aromatic N) is 2. The Bertz CT molecular complexity index is 602. The van der Waals surface area contributed by atoms with Crippen LogP contribution in [-0.2, 0) is 15.8 Å². The van der Waals surface area contributed by atoms with Crippen molar-refractivity contribution in [2.24, 2.45) is 0 Å². The molecular formula is C12H7F3N2O2. The number of Topliss-reactive ketones (excluding diaryl/α,β-unsaturated/α-hetero) is 1. The van der Waals surface area contributed by atoms with Gasteiger partial charge in [0.05, 0.1) is 35.8 Å². The highest BCUT2D eigenvalue weighted by atomic mass is 19.4. The fourth-order valence-corrected chi connectivity index (χ4v) is 1.87. The monoisotopic (exact) mass is 268 g/mol. The Morgan fingerprint density at radius 2 is 1.95 bits per heavy atom.